The highest BCUT2D eigenvalue weighted by molar-refractivity contribution is 5.93. The lowest BCUT2D eigenvalue weighted by Crippen LogP contribution is -2.46. The van der Waals surface area contributed by atoms with E-state index in [-0.39, 0.29) is 19.1 Å². The van der Waals surface area contributed by atoms with Crippen LogP contribution < -0.4 is 10.6 Å². The van der Waals surface area contributed by atoms with Gasteiger partial charge in [-0.05, 0) is 37.5 Å². The average Bonchev–Trinajstić information content (AvgIpc) is 3.01. The highest BCUT2D eigenvalue weighted by atomic mass is 16.6. The van der Waals surface area contributed by atoms with Crippen LogP contribution in [0.25, 0.3) is 0 Å². The standard InChI is InChI=1S/C17H21N3O5/c1-17(11-21)7-2-8-20(17)16(24)25-10-13-3-5-14(6-4-13)19-15(23)9-18-12-22/h3-6,11-12H,2,7-10H2,1H3,(H,18,22)(H,19,23)/t17-/m0/s1. The lowest BCUT2D eigenvalue weighted by atomic mass is 10.0. The van der Waals surface area contributed by atoms with Gasteiger partial charge in [-0.1, -0.05) is 12.1 Å². The summed E-state index contributed by atoms with van der Waals surface area (Å²) in [7, 11) is 0. The molecular weight excluding hydrogens is 326 g/mol. The van der Waals surface area contributed by atoms with Gasteiger partial charge in [0.1, 0.15) is 12.9 Å². The monoisotopic (exact) mass is 347 g/mol. The molecule has 1 saturated heterocycles. The van der Waals surface area contributed by atoms with Crippen molar-refractivity contribution < 1.29 is 23.9 Å². The molecule has 1 aromatic carbocycles. The normalized spacial score (nSPS) is 19.2. The van der Waals surface area contributed by atoms with Crippen molar-refractivity contribution in [3.8, 4) is 0 Å². The Kier molecular flexibility index (Phi) is 6.10. The van der Waals surface area contributed by atoms with E-state index in [4.69, 9.17) is 4.74 Å². The van der Waals surface area contributed by atoms with Crippen molar-refractivity contribution in [1.29, 1.82) is 0 Å². The second kappa shape index (κ2) is 8.27. The first kappa shape index (κ1) is 18.4. The van der Waals surface area contributed by atoms with Crippen LogP contribution in [0.2, 0.25) is 0 Å². The van der Waals surface area contributed by atoms with Gasteiger partial charge in [-0.2, -0.15) is 0 Å². The molecule has 1 atom stereocenters. The molecule has 1 aliphatic heterocycles. The molecule has 3 amide bonds. The van der Waals surface area contributed by atoms with Gasteiger partial charge in [0.05, 0.1) is 12.1 Å². The van der Waals surface area contributed by atoms with Crippen LogP contribution in [-0.4, -0.2) is 48.2 Å². The van der Waals surface area contributed by atoms with Crippen molar-refractivity contribution in [3.63, 3.8) is 0 Å². The topological polar surface area (TPSA) is 105 Å². The minimum absolute atomic E-state index is 0.0746. The van der Waals surface area contributed by atoms with Crippen LogP contribution in [-0.2, 0) is 25.7 Å². The van der Waals surface area contributed by atoms with Crippen molar-refractivity contribution in [2.45, 2.75) is 31.9 Å². The summed E-state index contributed by atoms with van der Waals surface area (Å²) in [6.07, 6.45) is 2.14. The number of carbonyl (C=O) groups is 4. The first-order valence-corrected chi connectivity index (χ1v) is 7.95. The zero-order chi connectivity index (χ0) is 18.3. The summed E-state index contributed by atoms with van der Waals surface area (Å²) in [4.78, 5) is 46.4. The maximum absolute atomic E-state index is 12.2. The molecule has 0 unspecified atom stereocenters. The Morgan fingerprint density at radius 3 is 2.64 bits per heavy atom. The number of likely N-dealkylation sites (tertiary alicyclic amines) is 1. The lowest BCUT2D eigenvalue weighted by Gasteiger charge is -2.29. The number of benzene rings is 1. The molecule has 0 aromatic heterocycles. The third-order valence-corrected chi connectivity index (χ3v) is 4.10. The number of ether oxygens (including phenoxy) is 1. The Bertz CT molecular complexity index is 646. The SMILES string of the molecule is C[C@@]1(C=O)CCCN1C(=O)OCc1ccc(NC(=O)CNC=O)cc1. The van der Waals surface area contributed by atoms with Gasteiger partial charge in [0.25, 0.3) is 0 Å². The number of aldehydes is 1. The number of anilines is 1. The van der Waals surface area contributed by atoms with Gasteiger partial charge in [0, 0.05) is 12.2 Å². The van der Waals surface area contributed by atoms with E-state index in [1.54, 1.807) is 31.2 Å². The fourth-order valence-corrected chi connectivity index (χ4v) is 2.65. The first-order chi connectivity index (χ1) is 12.0. The Labute approximate surface area is 145 Å². The van der Waals surface area contributed by atoms with Crippen LogP contribution >= 0.6 is 0 Å². The predicted molar refractivity (Wildman–Crippen MR) is 89.7 cm³/mol. The summed E-state index contributed by atoms with van der Waals surface area (Å²) < 4.78 is 5.28. The number of rotatable bonds is 7. The number of amides is 3. The van der Waals surface area contributed by atoms with Gasteiger partial charge >= 0.3 is 6.09 Å². The summed E-state index contributed by atoms with van der Waals surface area (Å²) in [5, 5.41) is 4.89. The molecule has 25 heavy (non-hydrogen) atoms. The second-order valence-corrected chi connectivity index (χ2v) is 6.03. The highest BCUT2D eigenvalue weighted by Crippen LogP contribution is 2.27. The molecule has 1 fully saturated rings. The molecule has 1 aliphatic rings. The summed E-state index contributed by atoms with van der Waals surface area (Å²) in [5.74, 6) is -0.339. The van der Waals surface area contributed by atoms with Gasteiger partial charge in [0.2, 0.25) is 12.3 Å². The predicted octanol–water partition coefficient (Wildman–Crippen LogP) is 1.06. The smallest absolute Gasteiger partial charge is 0.410 e. The fourth-order valence-electron chi connectivity index (χ4n) is 2.65. The van der Waals surface area contributed by atoms with Crippen LogP contribution in [0.5, 0.6) is 0 Å². The Hall–Kier alpha value is -2.90. The van der Waals surface area contributed by atoms with E-state index in [9.17, 15) is 19.2 Å². The van der Waals surface area contributed by atoms with Gasteiger partial charge in [-0.3, -0.25) is 14.5 Å². The number of carbonyl (C=O) groups excluding carboxylic acids is 4. The molecule has 2 rings (SSSR count). The molecule has 0 bridgehead atoms. The minimum atomic E-state index is -0.791. The van der Waals surface area contributed by atoms with Gasteiger partial charge in [0.15, 0.2) is 0 Å². The second-order valence-electron chi connectivity index (χ2n) is 6.03. The summed E-state index contributed by atoms with van der Waals surface area (Å²) in [6, 6.07) is 6.79. The maximum Gasteiger partial charge on any atom is 0.410 e. The van der Waals surface area contributed by atoms with Gasteiger partial charge in [-0.25, -0.2) is 4.79 Å². The van der Waals surface area contributed by atoms with Crippen LogP contribution in [0.15, 0.2) is 24.3 Å². The first-order valence-electron chi connectivity index (χ1n) is 7.95. The maximum atomic E-state index is 12.2. The quantitative estimate of drug-likeness (QED) is 0.718. The lowest BCUT2D eigenvalue weighted by molar-refractivity contribution is -0.118. The molecule has 8 heteroatoms. The Balaban J connectivity index is 1.85. The summed E-state index contributed by atoms with van der Waals surface area (Å²) in [6.45, 7) is 2.21. The van der Waals surface area contributed by atoms with Crippen molar-refractivity contribution in [3.05, 3.63) is 29.8 Å². The minimum Gasteiger partial charge on any atom is -0.445 e. The van der Waals surface area contributed by atoms with Crippen molar-refractivity contribution >= 4 is 30.4 Å². The third kappa shape index (κ3) is 4.79. The Morgan fingerprint density at radius 1 is 1.28 bits per heavy atom. The molecule has 0 saturated carbocycles. The van der Waals surface area contributed by atoms with E-state index in [0.29, 0.717) is 25.1 Å². The van der Waals surface area contributed by atoms with Crippen LogP contribution in [0, 0.1) is 0 Å². The van der Waals surface area contributed by atoms with E-state index in [1.807, 2.05) is 0 Å². The molecule has 1 heterocycles. The average molecular weight is 347 g/mol. The van der Waals surface area contributed by atoms with E-state index in [2.05, 4.69) is 10.6 Å². The molecule has 0 spiro atoms. The van der Waals surface area contributed by atoms with Gasteiger partial charge < -0.3 is 20.2 Å². The number of nitrogens with one attached hydrogen (secondary N) is 2. The van der Waals surface area contributed by atoms with Crippen molar-refractivity contribution in [1.82, 2.24) is 10.2 Å². The van der Waals surface area contributed by atoms with E-state index >= 15 is 0 Å². The van der Waals surface area contributed by atoms with Crippen LogP contribution in [0.3, 0.4) is 0 Å². The number of nitrogens with zero attached hydrogens (tertiary/aromatic N) is 1. The Morgan fingerprint density at radius 2 is 2.00 bits per heavy atom. The molecule has 2 N–H and O–H groups in total. The zero-order valence-electron chi connectivity index (χ0n) is 14.0. The van der Waals surface area contributed by atoms with Crippen molar-refractivity contribution in [2.24, 2.45) is 0 Å². The van der Waals surface area contributed by atoms with Crippen molar-refractivity contribution in [2.75, 3.05) is 18.4 Å². The zero-order valence-corrected chi connectivity index (χ0v) is 14.0. The van der Waals surface area contributed by atoms with E-state index < -0.39 is 11.6 Å². The fraction of sp³-hybridized carbons (Fsp3) is 0.412. The summed E-state index contributed by atoms with van der Waals surface area (Å²) >= 11 is 0. The molecule has 134 valence electrons. The number of hydrogen-bond acceptors (Lipinski definition) is 5. The highest BCUT2D eigenvalue weighted by Gasteiger charge is 2.40. The van der Waals surface area contributed by atoms with E-state index in [0.717, 1.165) is 18.3 Å². The molecule has 0 aliphatic carbocycles. The van der Waals surface area contributed by atoms with Crippen LogP contribution in [0.4, 0.5) is 10.5 Å². The summed E-state index contributed by atoms with van der Waals surface area (Å²) in [5.41, 5.74) is 0.533. The molecule has 0 radical (unpaired) electrons. The molecule has 8 nitrogen and oxygen atoms in total. The van der Waals surface area contributed by atoms with Crippen LogP contribution in [0.1, 0.15) is 25.3 Å². The molecule has 1 aromatic rings. The number of hydrogen-bond donors (Lipinski definition) is 2. The third-order valence-electron chi connectivity index (χ3n) is 4.10. The largest absolute Gasteiger partial charge is 0.445 e. The van der Waals surface area contributed by atoms with E-state index in [1.165, 1.54) is 4.90 Å². The van der Waals surface area contributed by atoms with Gasteiger partial charge in [-0.15, -0.1) is 0 Å². The molecular formula is C17H21N3O5.